The molecule has 1 aliphatic heterocycles. The van der Waals surface area contributed by atoms with Crippen LogP contribution in [0.4, 0.5) is 0 Å². The van der Waals surface area contributed by atoms with Crippen LogP contribution in [-0.4, -0.2) is 18.5 Å². The normalized spacial score (nSPS) is 45.0. The third kappa shape index (κ3) is 1.71. The Morgan fingerprint density at radius 1 is 1.00 bits per heavy atom. The molecule has 0 aromatic carbocycles. The van der Waals surface area contributed by atoms with Crippen LogP contribution in [0.5, 0.6) is 0 Å². The van der Waals surface area contributed by atoms with Crippen molar-refractivity contribution in [2.75, 3.05) is 6.26 Å². The van der Waals surface area contributed by atoms with Crippen molar-refractivity contribution in [1.82, 2.24) is 0 Å². The first kappa shape index (κ1) is 7.90. The Bertz CT molecular complexity index is 126. The predicted octanol–water partition coefficient (Wildman–Crippen LogP) is 1.81. The van der Waals surface area contributed by atoms with Crippen molar-refractivity contribution in [1.29, 1.82) is 0 Å². The number of rotatable bonds is 0. The first-order chi connectivity index (χ1) is 5.36. The molecule has 2 fully saturated rings. The van der Waals surface area contributed by atoms with Crippen molar-refractivity contribution >= 4 is 11.5 Å². The smallest absolute Gasteiger partial charge is 0.135 e. The molecule has 1 saturated heterocycles. The lowest BCUT2D eigenvalue weighted by molar-refractivity contribution is 0.148. The van der Waals surface area contributed by atoms with Crippen molar-refractivity contribution in [3.05, 3.63) is 0 Å². The van der Waals surface area contributed by atoms with Gasteiger partial charge in [-0.05, 0) is 12.8 Å². The van der Waals surface area contributed by atoms with Crippen LogP contribution in [-0.2, 0) is 19.8 Å². The van der Waals surface area contributed by atoms with Crippen molar-refractivity contribution < 1.29 is 8.37 Å². The summed E-state index contributed by atoms with van der Waals surface area (Å²) in [6.07, 6.45) is 9.29. The Morgan fingerprint density at radius 2 is 1.55 bits per heavy atom. The van der Waals surface area contributed by atoms with Crippen LogP contribution in [0.25, 0.3) is 0 Å². The summed E-state index contributed by atoms with van der Waals surface area (Å²) in [4.78, 5) is 0. The zero-order chi connectivity index (χ0) is 7.68. The van der Waals surface area contributed by atoms with Crippen molar-refractivity contribution in [3.8, 4) is 0 Å². The van der Waals surface area contributed by atoms with Crippen molar-refractivity contribution in [2.45, 2.75) is 44.3 Å². The molecule has 0 aromatic heterocycles. The highest BCUT2D eigenvalue weighted by Crippen LogP contribution is 2.31. The summed E-state index contributed by atoms with van der Waals surface area (Å²) < 4.78 is 11.3. The highest BCUT2D eigenvalue weighted by Gasteiger charge is 2.43. The minimum Gasteiger partial charge on any atom is -0.135 e. The molecule has 2 rings (SSSR count). The van der Waals surface area contributed by atoms with Crippen LogP contribution in [0, 0.1) is 0 Å². The van der Waals surface area contributed by atoms with Crippen LogP contribution in [0.2, 0.25) is 0 Å². The van der Waals surface area contributed by atoms with Crippen molar-refractivity contribution in [3.63, 3.8) is 0 Å². The Labute approximate surface area is 71.0 Å². The molecule has 2 unspecified atom stereocenters. The molecule has 0 aromatic rings. The molecule has 1 aliphatic carbocycles. The van der Waals surface area contributed by atoms with E-state index < -0.39 is 0 Å². The Morgan fingerprint density at radius 3 is 2.09 bits per heavy atom. The number of hydrogen-bond donors (Lipinski definition) is 0. The third-order valence-electron chi connectivity index (χ3n) is 2.41. The summed E-state index contributed by atoms with van der Waals surface area (Å²) in [5, 5.41) is 0. The monoisotopic (exact) mass is 175 g/mol. The lowest BCUT2D eigenvalue weighted by atomic mass is 10.1. The number of fused-ring (bicyclic) bond motifs is 1. The van der Waals surface area contributed by atoms with Gasteiger partial charge in [0, 0.05) is 0 Å². The van der Waals surface area contributed by atoms with Crippen LogP contribution in [0.1, 0.15) is 32.1 Å². The van der Waals surface area contributed by atoms with E-state index in [1.807, 2.05) is 6.26 Å². The first-order valence-corrected chi connectivity index (χ1v) is 5.85. The third-order valence-corrected chi connectivity index (χ3v) is 3.45. The Hall–Kier alpha value is 0.270. The van der Waals surface area contributed by atoms with Gasteiger partial charge in [0.1, 0.15) is 12.2 Å². The molecule has 0 bridgehead atoms. The van der Waals surface area contributed by atoms with E-state index in [0.717, 1.165) is 0 Å². The molecule has 1 heterocycles. The number of hydrogen-bond acceptors (Lipinski definition) is 2. The zero-order valence-electron chi connectivity index (χ0n) is 6.91. The van der Waals surface area contributed by atoms with E-state index in [9.17, 15) is 0 Å². The lowest BCUT2D eigenvalue weighted by Gasteiger charge is -2.04. The fourth-order valence-corrected chi connectivity index (χ4v) is 3.01. The molecule has 64 valence electrons. The second kappa shape index (κ2) is 3.33. The minimum absolute atomic E-state index is 0.200. The largest absolute Gasteiger partial charge is 0.312 e. The summed E-state index contributed by atoms with van der Waals surface area (Å²) in [5.41, 5.74) is 0. The van der Waals surface area contributed by atoms with Gasteiger partial charge < -0.3 is 0 Å². The lowest BCUT2D eigenvalue weighted by Crippen LogP contribution is -2.20. The summed E-state index contributed by atoms with van der Waals surface area (Å²) in [6.45, 7) is 0. The van der Waals surface area contributed by atoms with Gasteiger partial charge in [-0.2, -0.15) is 0 Å². The Balaban J connectivity index is 1.96. The molecular formula is C8H15O2S+. The van der Waals surface area contributed by atoms with Gasteiger partial charge in [-0.1, -0.05) is 19.3 Å². The second-order valence-corrected chi connectivity index (χ2v) is 4.50. The van der Waals surface area contributed by atoms with Gasteiger partial charge in [-0.15, -0.1) is 8.37 Å². The Kier molecular flexibility index (Phi) is 2.39. The SMILES string of the molecule is C[S+]1OC2CCCCCC2O1. The molecule has 0 amide bonds. The van der Waals surface area contributed by atoms with Gasteiger partial charge in [-0.25, -0.2) is 0 Å². The standard InChI is InChI=1S/C8H15O2S/c1-11-9-7-5-3-2-4-6-8(7)10-11/h7-8H,2-6H2,1H3/q+1. The first-order valence-electron chi connectivity index (χ1n) is 4.36. The fraction of sp³-hybridized carbons (Fsp3) is 1.00. The van der Waals surface area contributed by atoms with E-state index in [-0.39, 0.29) is 11.5 Å². The molecule has 2 atom stereocenters. The topological polar surface area (TPSA) is 18.5 Å². The van der Waals surface area contributed by atoms with Gasteiger partial charge in [0.2, 0.25) is 0 Å². The molecule has 2 nitrogen and oxygen atoms in total. The van der Waals surface area contributed by atoms with Crippen LogP contribution < -0.4 is 0 Å². The van der Waals surface area contributed by atoms with Gasteiger partial charge in [0.15, 0.2) is 6.26 Å². The zero-order valence-corrected chi connectivity index (χ0v) is 7.73. The summed E-state index contributed by atoms with van der Waals surface area (Å²) in [6, 6.07) is 0. The predicted molar refractivity (Wildman–Crippen MR) is 46.1 cm³/mol. The van der Waals surface area contributed by atoms with E-state index in [1.54, 1.807) is 0 Å². The molecule has 1 saturated carbocycles. The summed E-state index contributed by atoms with van der Waals surface area (Å²) in [5.74, 6) is 0. The van der Waals surface area contributed by atoms with E-state index in [2.05, 4.69) is 0 Å². The van der Waals surface area contributed by atoms with Crippen molar-refractivity contribution in [2.24, 2.45) is 0 Å². The minimum atomic E-state index is -0.200. The molecule has 3 heteroatoms. The van der Waals surface area contributed by atoms with Gasteiger partial charge >= 0.3 is 11.5 Å². The van der Waals surface area contributed by atoms with Gasteiger partial charge in [0.25, 0.3) is 0 Å². The maximum Gasteiger partial charge on any atom is 0.312 e. The molecule has 2 aliphatic rings. The average molecular weight is 175 g/mol. The maximum atomic E-state index is 5.65. The quantitative estimate of drug-likeness (QED) is 0.523. The molecule has 0 N–H and O–H groups in total. The molecule has 0 radical (unpaired) electrons. The average Bonchev–Trinajstić information content (AvgIpc) is 2.17. The fourth-order valence-electron chi connectivity index (χ4n) is 1.83. The highest BCUT2D eigenvalue weighted by molar-refractivity contribution is 7.87. The van der Waals surface area contributed by atoms with Crippen LogP contribution >= 0.6 is 0 Å². The van der Waals surface area contributed by atoms with Gasteiger partial charge in [-0.3, -0.25) is 0 Å². The van der Waals surface area contributed by atoms with E-state index >= 15 is 0 Å². The highest BCUT2D eigenvalue weighted by atomic mass is 32.2. The molecule has 11 heavy (non-hydrogen) atoms. The van der Waals surface area contributed by atoms with E-state index in [0.29, 0.717) is 12.2 Å². The molecule has 0 spiro atoms. The molecular weight excluding hydrogens is 160 g/mol. The summed E-state index contributed by atoms with van der Waals surface area (Å²) in [7, 11) is 0. The van der Waals surface area contributed by atoms with Crippen LogP contribution in [0.15, 0.2) is 0 Å². The summed E-state index contributed by atoms with van der Waals surface area (Å²) >= 11 is -0.200. The van der Waals surface area contributed by atoms with E-state index in [1.165, 1.54) is 32.1 Å². The van der Waals surface area contributed by atoms with Gasteiger partial charge in [0.05, 0.1) is 0 Å². The maximum absolute atomic E-state index is 5.65. The van der Waals surface area contributed by atoms with Crippen LogP contribution in [0.3, 0.4) is 0 Å². The van der Waals surface area contributed by atoms with E-state index in [4.69, 9.17) is 8.37 Å². The second-order valence-electron chi connectivity index (χ2n) is 3.31.